The molecule has 2 N–H and O–H groups in total. The first-order valence-corrected chi connectivity index (χ1v) is 6.99. The summed E-state index contributed by atoms with van der Waals surface area (Å²) in [5.74, 6) is -6.83. The summed E-state index contributed by atoms with van der Waals surface area (Å²) in [5.41, 5.74) is -0.339. The van der Waals surface area contributed by atoms with Crippen molar-refractivity contribution >= 4 is 11.9 Å². The molecule has 0 saturated carbocycles. The summed E-state index contributed by atoms with van der Waals surface area (Å²) in [4.78, 5) is 23.3. The summed E-state index contributed by atoms with van der Waals surface area (Å²) >= 11 is 0. The Labute approximate surface area is 140 Å². The Morgan fingerprint density at radius 1 is 1.16 bits per heavy atom. The summed E-state index contributed by atoms with van der Waals surface area (Å²) < 4.78 is 40.1. The highest BCUT2D eigenvalue weighted by molar-refractivity contribution is 5.97. The largest absolute Gasteiger partial charge is 0.480 e. The molecule has 0 bridgehead atoms. The number of hydrogen-bond acceptors (Lipinski definition) is 3. The van der Waals surface area contributed by atoms with Gasteiger partial charge in [0, 0.05) is 18.6 Å². The molecule has 0 aliphatic heterocycles. The number of carboxylic acids is 1. The lowest BCUT2D eigenvalue weighted by Gasteiger charge is -2.15. The van der Waals surface area contributed by atoms with Crippen molar-refractivity contribution < 1.29 is 27.9 Å². The molecule has 1 amide bonds. The molecule has 0 fully saturated rings. The number of carbonyl (C=O) groups is 2. The number of carboxylic acid groups (broad SMARTS) is 1. The molecule has 0 radical (unpaired) electrons. The Morgan fingerprint density at radius 2 is 1.80 bits per heavy atom. The van der Waals surface area contributed by atoms with Crippen molar-refractivity contribution in [3.63, 3.8) is 0 Å². The molecular formula is C17H11F3N2O3. The third kappa shape index (κ3) is 4.35. The van der Waals surface area contributed by atoms with Gasteiger partial charge in [-0.2, -0.15) is 5.26 Å². The number of carbonyl (C=O) groups excluding carboxylic acids is 1. The third-order valence-electron chi connectivity index (χ3n) is 3.33. The molecule has 0 aliphatic carbocycles. The summed E-state index contributed by atoms with van der Waals surface area (Å²) in [5, 5.41) is 20.0. The van der Waals surface area contributed by atoms with Crippen LogP contribution in [0.5, 0.6) is 0 Å². The lowest BCUT2D eigenvalue weighted by atomic mass is 10.0. The minimum atomic E-state index is -1.50. The molecule has 128 valence electrons. The predicted octanol–water partition coefficient (Wildman–Crippen LogP) is 2.40. The van der Waals surface area contributed by atoms with Crippen molar-refractivity contribution in [1.29, 1.82) is 5.26 Å². The average Bonchev–Trinajstić information content (AvgIpc) is 2.53. The van der Waals surface area contributed by atoms with E-state index < -0.39 is 40.9 Å². The van der Waals surface area contributed by atoms with Gasteiger partial charge in [-0.3, -0.25) is 4.79 Å². The number of benzene rings is 2. The molecule has 0 unspecified atom stereocenters. The highest BCUT2D eigenvalue weighted by Crippen LogP contribution is 2.15. The van der Waals surface area contributed by atoms with Crippen molar-refractivity contribution in [2.75, 3.05) is 0 Å². The maximum absolute atomic E-state index is 13.6. The first kappa shape index (κ1) is 18.0. The van der Waals surface area contributed by atoms with Gasteiger partial charge in [0.1, 0.15) is 29.1 Å². The van der Waals surface area contributed by atoms with Crippen LogP contribution in [-0.4, -0.2) is 23.0 Å². The predicted molar refractivity (Wildman–Crippen MR) is 80.1 cm³/mol. The van der Waals surface area contributed by atoms with Gasteiger partial charge in [0.15, 0.2) is 0 Å². The van der Waals surface area contributed by atoms with E-state index in [1.54, 1.807) is 6.07 Å². The maximum atomic E-state index is 13.6. The Kier molecular flexibility index (Phi) is 5.39. The van der Waals surface area contributed by atoms with E-state index in [0.717, 1.165) is 0 Å². The highest BCUT2D eigenvalue weighted by Gasteiger charge is 2.25. The van der Waals surface area contributed by atoms with Gasteiger partial charge in [0.2, 0.25) is 0 Å². The van der Waals surface area contributed by atoms with E-state index in [0.29, 0.717) is 23.3 Å². The molecule has 0 spiro atoms. The van der Waals surface area contributed by atoms with Crippen molar-refractivity contribution in [2.24, 2.45) is 0 Å². The fraction of sp³-hybridized carbons (Fsp3) is 0.118. The Bertz CT molecular complexity index is 855. The van der Waals surface area contributed by atoms with E-state index in [1.807, 2.05) is 11.4 Å². The first-order valence-electron chi connectivity index (χ1n) is 6.99. The van der Waals surface area contributed by atoms with Crippen LogP contribution in [0.2, 0.25) is 0 Å². The molecule has 2 aromatic rings. The normalized spacial score (nSPS) is 11.4. The van der Waals surface area contributed by atoms with Crippen LogP contribution in [0.1, 0.15) is 21.5 Å². The monoisotopic (exact) mass is 348 g/mol. The molecule has 8 heteroatoms. The topological polar surface area (TPSA) is 90.2 Å². The summed E-state index contributed by atoms with van der Waals surface area (Å²) in [6.45, 7) is 0. The fourth-order valence-electron chi connectivity index (χ4n) is 2.19. The molecular weight excluding hydrogens is 337 g/mol. The molecule has 0 aromatic heterocycles. The van der Waals surface area contributed by atoms with Gasteiger partial charge in [0.25, 0.3) is 5.91 Å². The summed E-state index contributed by atoms with van der Waals surface area (Å²) in [6.07, 6.45) is -0.207. The van der Waals surface area contributed by atoms with Crippen molar-refractivity contribution in [2.45, 2.75) is 12.5 Å². The van der Waals surface area contributed by atoms with Crippen LogP contribution < -0.4 is 5.32 Å². The first-order chi connectivity index (χ1) is 11.8. The molecule has 2 rings (SSSR count). The molecule has 2 aromatic carbocycles. The number of nitrogens with zero attached hydrogens (tertiary/aromatic N) is 1. The van der Waals surface area contributed by atoms with Gasteiger partial charge >= 0.3 is 5.97 Å². The molecule has 0 aliphatic rings. The van der Waals surface area contributed by atoms with Gasteiger partial charge in [-0.05, 0) is 17.7 Å². The Balaban J connectivity index is 2.23. The van der Waals surface area contributed by atoms with Crippen molar-refractivity contribution in [3.8, 4) is 6.07 Å². The minimum absolute atomic E-state index is 0.207. The van der Waals surface area contributed by atoms with Gasteiger partial charge in [-0.25, -0.2) is 18.0 Å². The number of hydrogen-bond donors (Lipinski definition) is 2. The molecule has 5 nitrogen and oxygen atoms in total. The number of rotatable bonds is 5. The smallest absolute Gasteiger partial charge is 0.326 e. The molecule has 0 saturated heterocycles. The number of amides is 1. The second-order valence-corrected chi connectivity index (χ2v) is 5.13. The second-order valence-electron chi connectivity index (χ2n) is 5.13. The van der Waals surface area contributed by atoms with Crippen LogP contribution in [0.25, 0.3) is 0 Å². The fourth-order valence-corrected chi connectivity index (χ4v) is 2.19. The van der Waals surface area contributed by atoms with E-state index in [9.17, 15) is 27.9 Å². The molecule has 1 atom stereocenters. The van der Waals surface area contributed by atoms with Crippen LogP contribution in [0.4, 0.5) is 13.2 Å². The van der Waals surface area contributed by atoms with E-state index in [1.165, 1.54) is 18.2 Å². The van der Waals surface area contributed by atoms with Crippen molar-refractivity contribution in [1.82, 2.24) is 5.32 Å². The number of nitrogens with one attached hydrogen (secondary N) is 1. The van der Waals surface area contributed by atoms with Crippen LogP contribution in [0.15, 0.2) is 36.4 Å². The van der Waals surface area contributed by atoms with Crippen LogP contribution in [0, 0.1) is 28.8 Å². The minimum Gasteiger partial charge on any atom is -0.480 e. The molecule has 25 heavy (non-hydrogen) atoms. The van der Waals surface area contributed by atoms with E-state index in [2.05, 4.69) is 0 Å². The van der Waals surface area contributed by atoms with Gasteiger partial charge < -0.3 is 10.4 Å². The quantitative estimate of drug-likeness (QED) is 0.868. The lowest BCUT2D eigenvalue weighted by molar-refractivity contribution is -0.139. The zero-order valence-electron chi connectivity index (χ0n) is 12.6. The standard InChI is InChI=1S/C17H11F3N2O3/c18-11-6-12(19)15(13(20)7-11)16(23)22-14(17(24)25)5-9-2-1-3-10(4-9)8-21/h1-4,6-7,14H,5H2,(H,22,23)(H,24,25)/t14-/m1/s1. The summed E-state index contributed by atoms with van der Waals surface area (Å²) in [6, 6.07) is 7.07. The number of aliphatic carboxylic acids is 1. The Hall–Kier alpha value is -3.34. The maximum Gasteiger partial charge on any atom is 0.326 e. The zero-order valence-corrected chi connectivity index (χ0v) is 12.6. The molecule has 0 heterocycles. The highest BCUT2D eigenvalue weighted by atomic mass is 19.1. The third-order valence-corrected chi connectivity index (χ3v) is 3.33. The van der Waals surface area contributed by atoms with E-state index in [-0.39, 0.29) is 6.42 Å². The van der Waals surface area contributed by atoms with Gasteiger partial charge in [0.05, 0.1) is 11.6 Å². The van der Waals surface area contributed by atoms with E-state index in [4.69, 9.17) is 5.26 Å². The van der Waals surface area contributed by atoms with Crippen LogP contribution in [-0.2, 0) is 11.2 Å². The summed E-state index contributed by atoms with van der Waals surface area (Å²) in [7, 11) is 0. The number of halogens is 3. The zero-order chi connectivity index (χ0) is 18.6. The van der Waals surface area contributed by atoms with E-state index >= 15 is 0 Å². The second kappa shape index (κ2) is 7.49. The SMILES string of the molecule is N#Cc1cccc(C[C@@H](NC(=O)c2c(F)cc(F)cc2F)C(=O)O)c1. The van der Waals surface area contributed by atoms with Gasteiger partial charge in [-0.15, -0.1) is 0 Å². The average molecular weight is 348 g/mol. The number of nitriles is 1. The lowest BCUT2D eigenvalue weighted by Crippen LogP contribution is -2.43. The van der Waals surface area contributed by atoms with Crippen molar-refractivity contribution in [3.05, 3.63) is 70.5 Å². The van der Waals surface area contributed by atoms with Crippen LogP contribution >= 0.6 is 0 Å². The Morgan fingerprint density at radius 3 is 2.36 bits per heavy atom. The van der Waals surface area contributed by atoms with Crippen LogP contribution in [0.3, 0.4) is 0 Å². The van der Waals surface area contributed by atoms with Gasteiger partial charge in [-0.1, -0.05) is 12.1 Å².